The van der Waals surface area contributed by atoms with Gasteiger partial charge in [0, 0.05) is 41.9 Å². The molecule has 2 aromatic heterocycles. The topological polar surface area (TPSA) is 32.3 Å². The Morgan fingerprint density at radius 1 is 0.977 bits per heavy atom. The Morgan fingerprint density at radius 3 is 2.36 bits per heavy atom. The Kier molecular flexibility index (Phi) is 12.0. The molecule has 0 aliphatic carbocycles. The normalized spacial score (nSPS) is 14.6. The number of anilines is 1. The van der Waals surface area contributed by atoms with E-state index < -0.39 is 0 Å². The predicted octanol–water partition coefficient (Wildman–Crippen LogP) is 9.64. The van der Waals surface area contributed by atoms with Crippen LogP contribution in [0.4, 0.5) is 10.1 Å². The molecule has 5 rings (SSSR count). The third-order valence-electron chi connectivity index (χ3n) is 8.42. The zero-order valence-corrected chi connectivity index (χ0v) is 27.0. The number of nitrogens with zero attached hydrogens (tertiary/aromatic N) is 4. The lowest BCUT2D eigenvalue weighted by atomic mass is 9.91. The van der Waals surface area contributed by atoms with Crippen LogP contribution in [-0.4, -0.2) is 28.0 Å². The molecule has 1 aliphatic rings. The van der Waals surface area contributed by atoms with Crippen LogP contribution in [0.25, 0.3) is 6.08 Å². The highest BCUT2D eigenvalue weighted by molar-refractivity contribution is 5.59. The number of piperidine rings is 1. The summed E-state index contributed by atoms with van der Waals surface area (Å²) in [5, 5.41) is 0. The average molecular weight is 591 g/mol. The molecule has 44 heavy (non-hydrogen) atoms. The second-order valence-electron chi connectivity index (χ2n) is 11.7. The molecule has 5 heteroatoms. The molecule has 3 heterocycles. The van der Waals surface area contributed by atoms with Gasteiger partial charge in [-0.1, -0.05) is 62.1 Å². The third-order valence-corrected chi connectivity index (χ3v) is 8.42. The van der Waals surface area contributed by atoms with Crippen molar-refractivity contribution < 1.29 is 4.39 Å². The Bertz CT molecular complexity index is 1510. The molecule has 0 amide bonds. The minimum Gasteiger partial charge on any atom is -0.336 e. The van der Waals surface area contributed by atoms with Crippen LogP contribution in [0.2, 0.25) is 0 Å². The zero-order chi connectivity index (χ0) is 31.5. The lowest BCUT2D eigenvalue weighted by molar-refractivity contribution is 0.189. The van der Waals surface area contributed by atoms with E-state index in [-0.39, 0.29) is 11.9 Å². The van der Waals surface area contributed by atoms with Gasteiger partial charge in [0.15, 0.2) is 0 Å². The van der Waals surface area contributed by atoms with E-state index >= 15 is 0 Å². The van der Waals surface area contributed by atoms with Crippen molar-refractivity contribution in [2.45, 2.75) is 66.5 Å². The van der Waals surface area contributed by atoms with Gasteiger partial charge >= 0.3 is 0 Å². The fraction of sp³-hybridized carbons (Fsp3) is 0.333. The third kappa shape index (κ3) is 8.73. The number of halogens is 1. The summed E-state index contributed by atoms with van der Waals surface area (Å²) in [5.41, 5.74) is 9.48. The second kappa shape index (κ2) is 16.1. The molecule has 1 atom stereocenters. The van der Waals surface area contributed by atoms with Crippen molar-refractivity contribution in [3.8, 4) is 0 Å². The fourth-order valence-corrected chi connectivity index (χ4v) is 5.90. The van der Waals surface area contributed by atoms with Crippen molar-refractivity contribution in [3.05, 3.63) is 143 Å². The average Bonchev–Trinajstić information content (AvgIpc) is 3.03. The number of aryl methyl sites for hydroxylation is 3. The van der Waals surface area contributed by atoms with Gasteiger partial charge in [-0.05, 0) is 119 Å². The van der Waals surface area contributed by atoms with E-state index in [1.165, 1.54) is 40.2 Å². The zero-order valence-electron chi connectivity index (χ0n) is 27.0. The van der Waals surface area contributed by atoms with Crippen LogP contribution in [0.15, 0.2) is 104 Å². The first-order chi connectivity index (χ1) is 21.3. The van der Waals surface area contributed by atoms with Crippen molar-refractivity contribution in [3.63, 3.8) is 0 Å². The van der Waals surface area contributed by atoms with Crippen molar-refractivity contribution in [1.82, 2.24) is 14.9 Å². The van der Waals surface area contributed by atoms with Crippen molar-refractivity contribution in [1.29, 1.82) is 0 Å². The van der Waals surface area contributed by atoms with Crippen LogP contribution >= 0.6 is 0 Å². The summed E-state index contributed by atoms with van der Waals surface area (Å²) in [6.45, 7) is 18.4. The van der Waals surface area contributed by atoms with Crippen LogP contribution in [0.3, 0.4) is 0 Å². The summed E-state index contributed by atoms with van der Waals surface area (Å²) in [6.07, 6.45) is 11.6. The van der Waals surface area contributed by atoms with E-state index in [0.717, 1.165) is 55.8 Å². The number of likely N-dealkylation sites (tertiary alicyclic amines) is 1. The Balaban J connectivity index is 0.000000479. The maximum Gasteiger partial charge on any atom is 0.123 e. The van der Waals surface area contributed by atoms with Crippen LogP contribution in [-0.2, 0) is 6.54 Å². The lowest BCUT2D eigenvalue weighted by Gasteiger charge is -2.40. The molecule has 0 spiro atoms. The number of hydrogen-bond donors (Lipinski definition) is 0. The maximum atomic E-state index is 12.2. The molecule has 1 saturated heterocycles. The van der Waals surface area contributed by atoms with Crippen LogP contribution in [0.1, 0.15) is 72.8 Å². The highest BCUT2D eigenvalue weighted by atomic mass is 19.1. The van der Waals surface area contributed by atoms with Gasteiger partial charge in [-0.2, -0.15) is 0 Å². The van der Waals surface area contributed by atoms with Gasteiger partial charge in [0.1, 0.15) is 5.82 Å². The molecule has 1 aliphatic heterocycles. The van der Waals surface area contributed by atoms with E-state index in [0.29, 0.717) is 5.92 Å². The second-order valence-corrected chi connectivity index (χ2v) is 11.7. The van der Waals surface area contributed by atoms with Gasteiger partial charge in [-0.3, -0.25) is 14.9 Å². The molecular formula is C39H47FN4. The van der Waals surface area contributed by atoms with E-state index in [2.05, 4.69) is 109 Å². The first kappa shape index (κ1) is 32.8. The van der Waals surface area contributed by atoms with E-state index in [9.17, 15) is 4.39 Å². The standard InChI is InChI=1S/C32H40N4.C7H7F/c1-6-7-13-30-25(3)33-20-16-29(30)23-35-21-17-28(18-22-35)26(4)36(32-15-9-8-12-24(32)2)27(5)31-14-10-11-19-34-31;1-6-3-2-4-7(8)5-6/h7-16,19-20,27-28H,4,6,17-18,21-23H2,1-3,5H3;2-5H,1H3/b13-7-;. The molecule has 230 valence electrons. The summed E-state index contributed by atoms with van der Waals surface area (Å²) in [6, 6.07) is 23.6. The first-order valence-corrected chi connectivity index (χ1v) is 15.8. The van der Waals surface area contributed by atoms with Gasteiger partial charge in [0.2, 0.25) is 0 Å². The van der Waals surface area contributed by atoms with Gasteiger partial charge in [0.05, 0.1) is 11.7 Å². The maximum absolute atomic E-state index is 12.2. The monoisotopic (exact) mass is 590 g/mol. The number of para-hydroxylation sites is 1. The number of pyridine rings is 2. The molecule has 0 saturated carbocycles. The minimum absolute atomic E-state index is 0.116. The Hall–Kier alpha value is -4.09. The summed E-state index contributed by atoms with van der Waals surface area (Å²) >= 11 is 0. The van der Waals surface area contributed by atoms with Crippen molar-refractivity contribution >= 4 is 11.8 Å². The van der Waals surface area contributed by atoms with E-state index in [1.54, 1.807) is 6.07 Å². The number of allylic oxidation sites excluding steroid dienone is 2. The lowest BCUT2D eigenvalue weighted by Crippen LogP contribution is -2.38. The van der Waals surface area contributed by atoms with Crippen molar-refractivity contribution in [2.24, 2.45) is 5.92 Å². The molecule has 1 unspecified atom stereocenters. The highest BCUT2D eigenvalue weighted by Crippen LogP contribution is 2.37. The molecule has 4 aromatic rings. The number of hydrogen-bond acceptors (Lipinski definition) is 4. The van der Waals surface area contributed by atoms with Gasteiger partial charge in [-0.25, -0.2) is 4.39 Å². The largest absolute Gasteiger partial charge is 0.336 e. The molecule has 0 bridgehead atoms. The highest BCUT2D eigenvalue weighted by Gasteiger charge is 2.29. The van der Waals surface area contributed by atoms with E-state index in [4.69, 9.17) is 0 Å². The molecule has 1 fully saturated rings. The summed E-state index contributed by atoms with van der Waals surface area (Å²) in [7, 11) is 0. The molecule has 0 N–H and O–H groups in total. The summed E-state index contributed by atoms with van der Waals surface area (Å²) in [5.74, 6) is 0.288. The summed E-state index contributed by atoms with van der Waals surface area (Å²) < 4.78 is 12.2. The van der Waals surface area contributed by atoms with Crippen molar-refractivity contribution in [2.75, 3.05) is 18.0 Å². The summed E-state index contributed by atoms with van der Waals surface area (Å²) in [4.78, 5) is 14.2. The smallest absolute Gasteiger partial charge is 0.123 e. The van der Waals surface area contributed by atoms with Gasteiger partial charge < -0.3 is 4.90 Å². The quantitative estimate of drug-likeness (QED) is 0.194. The van der Waals surface area contributed by atoms with Gasteiger partial charge in [0.25, 0.3) is 0 Å². The number of rotatable bonds is 9. The van der Waals surface area contributed by atoms with Gasteiger partial charge in [-0.15, -0.1) is 0 Å². The minimum atomic E-state index is -0.162. The molecule has 4 nitrogen and oxygen atoms in total. The fourth-order valence-electron chi connectivity index (χ4n) is 5.90. The molecule has 0 radical (unpaired) electrons. The molecular weight excluding hydrogens is 543 g/mol. The number of benzene rings is 2. The Morgan fingerprint density at radius 2 is 1.73 bits per heavy atom. The SMILES string of the molecule is C=C(C1CCN(Cc2ccnc(C)c2/C=C\CC)CC1)N(c1ccccc1C)C(C)c1ccccn1.Cc1cccc(F)c1. The first-order valence-electron chi connectivity index (χ1n) is 15.8. The number of aromatic nitrogens is 2. The van der Waals surface area contributed by atoms with Crippen LogP contribution in [0.5, 0.6) is 0 Å². The molecule has 2 aromatic carbocycles. The predicted molar refractivity (Wildman–Crippen MR) is 183 cm³/mol. The van der Waals surface area contributed by atoms with E-state index in [1.807, 2.05) is 31.5 Å². The Labute approximate surface area is 264 Å². The van der Waals surface area contributed by atoms with Crippen LogP contribution < -0.4 is 4.90 Å². The van der Waals surface area contributed by atoms with Crippen LogP contribution in [0, 0.1) is 32.5 Å².